The van der Waals surface area contributed by atoms with E-state index in [1.54, 1.807) is 31.2 Å². The van der Waals surface area contributed by atoms with Gasteiger partial charge in [-0.3, -0.25) is 4.72 Å². The molecule has 2 rings (SSSR count). The van der Waals surface area contributed by atoms with Crippen LogP contribution in [0.4, 0.5) is 5.82 Å². The lowest BCUT2D eigenvalue weighted by molar-refractivity contribution is 0.600. The zero-order valence-electron chi connectivity index (χ0n) is 11.0. The Morgan fingerprint density at radius 3 is 2.67 bits per heavy atom. The molecule has 0 unspecified atom stereocenters. The molecule has 0 aliphatic heterocycles. The van der Waals surface area contributed by atoms with Gasteiger partial charge in [-0.1, -0.05) is 18.3 Å². The number of hydrogen-bond acceptors (Lipinski definition) is 4. The zero-order chi connectivity index (χ0) is 15.6. The van der Waals surface area contributed by atoms with Gasteiger partial charge in [-0.25, -0.2) is 13.4 Å². The fourth-order valence-corrected chi connectivity index (χ4v) is 3.62. The highest BCUT2D eigenvalue weighted by Crippen LogP contribution is 2.24. The standard InChI is InChI=1S/C13H12BrN3O2S2/c1-8-7-9(12(15)20)4-5-11(8)21(18,19)17-13-10(14)3-2-6-16-13/h2-7H,1H3,(H2,15,20)(H,16,17). The molecule has 1 aromatic carbocycles. The van der Waals surface area contributed by atoms with Gasteiger partial charge in [-0.05, 0) is 52.7 Å². The quantitative estimate of drug-likeness (QED) is 0.789. The summed E-state index contributed by atoms with van der Waals surface area (Å²) in [4.78, 5) is 4.36. The first-order valence-corrected chi connectivity index (χ1v) is 8.53. The Labute approximate surface area is 136 Å². The van der Waals surface area contributed by atoms with Crippen molar-refractivity contribution in [2.75, 3.05) is 4.72 Å². The second-order valence-corrected chi connectivity index (χ2v) is 7.23. The molecule has 0 radical (unpaired) electrons. The number of halogens is 1. The third-order valence-corrected chi connectivity index (χ3v) is 5.11. The molecule has 5 nitrogen and oxygen atoms in total. The van der Waals surface area contributed by atoms with Crippen molar-refractivity contribution in [3.63, 3.8) is 0 Å². The van der Waals surface area contributed by atoms with Crippen molar-refractivity contribution in [3.05, 3.63) is 52.1 Å². The number of hydrogen-bond donors (Lipinski definition) is 2. The van der Waals surface area contributed by atoms with Crippen LogP contribution in [0, 0.1) is 6.92 Å². The molecule has 0 fully saturated rings. The molecule has 0 saturated heterocycles. The molecule has 0 aliphatic rings. The van der Waals surface area contributed by atoms with E-state index in [2.05, 4.69) is 25.6 Å². The fraction of sp³-hybridized carbons (Fsp3) is 0.0769. The van der Waals surface area contributed by atoms with Gasteiger partial charge >= 0.3 is 0 Å². The minimum atomic E-state index is -3.74. The molecule has 0 aliphatic carbocycles. The van der Waals surface area contributed by atoms with Crippen LogP contribution < -0.4 is 10.5 Å². The average molecular weight is 386 g/mol. The summed E-state index contributed by atoms with van der Waals surface area (Å²) in [5, 5.41) is 0. The Morgan fingerprint density at radius 2 is 2.10 bits per heavy atom. The monoisotopic (exact) mass is 385 g/mol. The summed E-state index contributed by atoms with van der Waals surface area (Å²) in [7, 11) is -3.74. The third-order valence-electron chi connectivity index (χ3n) is 2.74. The molecule has 2 aromatic rings. The van der Waals surface area contributed by atoms with E-state index in [1.165, 1.54) is 12.3 Å². The van der Waals surface area contributed by atoms with E-state index in [1.807, 2.05) is 0 Å². The van der Waals surface area contributed by atoms with Crippen molar-refractivity contribution < 1.29 is 8.42 Å². The Kier molecular flexibility index (Phi) is 4.60. The van der Waals surface area contributed by atoms with Gasteiger partial charge < -0.3 is 5.73 Å². The molecule has 21 heavy (non-hydrogen) atoms. The van der Waals surface area contributed by atoms with Gasteiger partial charge in [0.05, 0.1) is 9.37 Å². The van der Waals surface area contributed by atoms with Crippen molar-refractivity contribution >= 4 is 49.0 Å². The summed E-state index contributed by atoms with van der Waals surface area (Å²) >= 11 is 8.12. The molecule has 3 N–H and O–H groups in total. The van der Waals surface area contributed by atoms with Crippen molar-refractivity contribution in [1.82, 2.24) is 4.98 Å². The van der Waals surface area contributed by atoms with Crippen LogP contribution in [0.1, 0.15) is 11.1 Å². The molecule has 8 heteroatoms. The molecule has 0 amide bonds. The van der Waals surface area contributed by atoms with Crippen molar-refractivity contribution in [3.8, 4) is 0 Å². The predicted octanol–water partition coefficient (Wildman–Crippen LogP) is 2.59. The maximum Gasteiger partial charge on any atom is 0.263 e. The van der Waals surface area contributed by atoms with Gasteiger partial charge in [0.2, 0.25) is 0 Å². The van der Waals surface area contributed by atoms with Gasteiger partial charge in [-0.2, -0.15) is 0 Å². The third kappa shape index (κ3) is 3.58. The van der Waals surface area contributed by atoms with E-state index >= 15 is 0 Å². The SMILES string of the molecule is Cc1cc(C(N)=S)ccc1S(=O)(=O)Nc1ncccc1Br. The zero-order valence-corrected chi connectivity index (χ0v) is 14.2. The highest BCUT2D eigenvalue weighted by molar-refractivity contribution is 9.10. The minimum Gasteiger partial charge on any atom is -0.389 e. The lowest BCUT2D eigenvalue weighted by atomic mass is 10.1. The van der Waals surface area contributed by atoms with Crippen LogP contribution >= 0.6 is 28.1 Å². The molecule has 0 saturated carbocycles. The van der Waals surface area contributed by atoms with E-state index in [0.717, 1.165) is 0 Å². The number of benzene rings is 1. The largest absolute Gasteiger partial charge is 0.389 e. The first kappa shape index (κ1) is 15.9. The van der Waals surface area contributed by atoms with E-state index in [9.17, 15) is 8.42 Å². The van der Waals surface area contributed by atoms with Gasteiger partial charge in [0.1, 0.15) is 4.99 Å². The second kappa shape index (κ2) is 6.08. The molecular formula is C13H12BrN3O2S2. The maximum absolute atomic E-state index is 12.4. The number of sulfonamides is 1. The van der Waals surface area contributed by atoms with Crippen LogP contribution in [0.25, 0.3) is 0 Å². The number of anilines is 1. The molecule has 0 bridgehead atoms. The summed E-state index contributed by atoms with van der Waals surface area (Å²) in [6.07, 6.45) is 1.51. The Hall–Kier alpha value is -1.51. The van der Waals surface area contributed by atoms with Crippen LogP contribution in [0.3, 0.4) is 0 Å². The highest BCUT2D eigenvalue weighted by atomic mass is 79.9. The molecular weight excluding hydrogens is 374 g/mol. The summed E-state index contributed by atoms with van der Waals surface area (Å²) in [5.41, 5.74) is 6.72. The van der Waals surface area contributed by atoms with Crippen LogP contribution in [-0.4, -0.2) is 18.4 Å². The number of nitrogens with zero attached hydrogens (tertiary/aromatic N) is 1. The molecule has 1 heterocycles. The first-order chi connectivity index (χ1) is 9.81. The van der Waals surface area contributed by atoms with E-state index in [4.69, 9.17) is 18.0 Å². The number of aromatic nitrogens is 1. The maximum atomic E-state index is 12.4. The molecule has 1 aromatic heterocycles. The number of nitrogens with one attached hydrogen (secondary N) is 1. The summed E-state index contributed by atoms with van der Waals surface area (Å²) in [5.74, 6) is 0.232. The molecule has 0 spiro atoms. The van der Waals surface area contributed by atoms with E-state index in [0.29, 0.717) is 15.6 Å². The normalized spacial score (nSPS) is 11.1. The summed E-state index contributed by atoms with van der Waals surface area (Å²) in [6.45, 7) is 1.68. The van der Waals surface area contributed by atoms with Gasteiger partial charge in [-0.15, -0.1) is 0 Å². The fourth-order valence-electron chi connectivity index (χ4n) is 1.75. The van der Waals surface area contributed by atoms with E-state index in [-0.39, 0.29) is 15.7 Å². The first-order valence-electron chi connectivity index (χ1n) is 5.85. The average Bonchev–Trinajstić information content (AvgIpc) is 2.40. The van der Waals surface area contributed by atoms with Gasteiger partial charge in [0.25, 0.3) is 10.0 Å². The summed E-state index contributed by atoms with van der Waals surface area (Å²) < 4.78 is 27.8. The van der Waals surface area contributed by atoms with E-state index < -0.39 is 10.0 Å². The van der Waals surface area contributed by atoms with Crippen molar-refractivity contribution in [2.24, 2.45) is 5.73 Å². The molecule has 110 valence electrons. The van der Waals surface area contributed by atoms with Gasteiger partial charge in [0.15, 0.2) is 5.82 Å². The van der Waals surface area contributed by atoms with Gasteiger partial charge in [0, 0.05) is 11.8 Å². The molecule has 0 atom stereocenters. The number of pyridine rings is 1. The van der Waals surface area contributed by atoms with Crippen molar-refractivity contribution in [2.45, 2.75) is 11.8 Å². The topological polar surface area (TPSA) is 85.1 Å². The smallest absolute Gasteiger partial charge is 0.263 e. The predicted molar refractivity (Wildman–Crippen MR) is 89.8 cm³/mol. The van der Waals surface area contributed by atoms with Crippen molar-refractivity contribution in [1.29, 1.82) is 0 Å². The number of nitrogens with two attached hydrogens (primary N) is 1. The Morgan fingerprint density at radius 1 is 1.38 bits per heavy atom. The Balaban J connectivity index is 2.41. The lowest BCUT2D eigenvalue weighted by Crippen LogP contribution is -2.16. The number of rotatable bonds is 4. The number of aryl methyl sites for hydroxylation is 1. The van der Waals surface area contributed by atoms with Crippen LogP contribution in [0.15, 0.2) is 45.9 Å². The number of thiocarbonyl (C=S) groups is 1. The van der Waals surface area contributed by atoms with Crippen LogP contribution in [0.2, 0.25) is 0 Å². The highest BCUT2D eigenvalue weighted by Gasteiger charge is 2.19. The lowest BCUT2D eigenvalue weighted by Gasteiger charge is -2.11. The van der Waals surface area contributed by atoms with Crippen LogP contribution in [0.5, 0.6) is 0 Å². The minimum absolute atomic E-state index is 0.153. The Bertz CT molecular complexity index is 807. The second-order valence-electron chi connectivity index (χ2n) is 4.28. The van der Waals surface area contributed by atoms with Crippen LogP contribution in [-0.2, 0) is 10.0 Å². The summed E-state index contributed by atoms with van der Waals surface area (Å²) in [6, 6.07) is 8.10.